The quantitative estimate of drug-likeness (QED) is 0.746. The molecular weight excluding hydrogens is 202 g/mol. The molecule has 3 nitrogen and oxygen atoms in total. The summed E-state index contributed by atoms with van der Waals surface area (Å²) in [6, 6.07) is 9.07. The van der Waals surface area contributed by atoms with Gasteiger partial charge in [-0.25, -0.2) is 0 Å². The van der Waals surface area contributed by atoms with E-state index in [0.717, 1.165) is 0 Å². The van der Waals surface area contributed by atoms with Crippen molar-refractivity contribution in [3.63, 3.8) is 0 Å². The number of amides is 1. The number of anilines is 1. The van der Waals surface area contributed by atoms with Gasteiger partial charge in [0, 0.05) is 11.6 Å². The second kappa shape index (κ2) is 6.08. The van der Waals surface area contributed by atoms with Crippen LogP contribution in [-0.2, 0) is 4.79 Å². The SMILES string of the molecule is C=C[C@@H](CC)[C@@H](O)C(=O)Nc1ccccc1. The predicted octanol–water partition coefficient (Wildman–Crippen LogP) is 2.20. The number of hydrogen-bond donors (Lipinski definition) is 2. The molecule has 0 aromatic heterocycles. The van der Waals surface area contributed by atoms with Gasteiger partial charge in [-0.1, -0.05) is 31.2 Å². The molecular formula is C13H17NO2. The van der Waals surface area contributed by atoms with Crippen molar-refractivity contribution < 1.29 is 9.90 Å². The van der Waals surface area contributed by atoms with Crippen molar-refractivity contribution >= 4 is 11.6 Å². The summed E-state index contributed by atoms with van der Waals surface area (Å²) >= 11 is 0. The van der Waals surface area contributed by atoms with Crippen LogP contribution in [0.5, 0.6) is 0 Å². The first-order chi connectivity index (χ1) is 7.69. The highest BCUT2D eigenvalue weighted by molar-refractivity contribution is 5.94. The van der Waals surface area contributed by atoms with Crippen LogP contribution in [0.4, 0.5) is 5.69 Å². The highest BCUT2D eigenvalue weighted by Crippen LogP contribution is 2.13. The van der Waals surface area contributed by atoms with Gasteiger partial charge in [0.2, 0.25) is 0 Å². The molecule has 0 aliphatic rings. The standard InChI is InChI=1S/C13H17NO2/c1-3-10(4-2)12(15)13(16)14-11-8-6-5-7-9-11/h3,5-10,12,15H,1,4H2,2H3,(H,14,16)/t10-,12+/m0/s1. The van der Waals surface area contributed by atoms with Crippen molar-refractivity contribution in [3.8, 4) is 0 Å². The third kappa shape index (κ3) is 3.21. The molecule has 0 aliphatic heterocycles. The summed E-state index contributed by atoms with van der Waals surface area (Å²) in [5, 5.41) is 12.4. The van der Waals surface area contributed by atoms with Crippen molar-refractivity contribution in [2.24, 2.45) is 5.92 Å². The molecule has 3 heteroatoms. The number of aliphatic hydroxyl groups excluding tert-OH is 1. The number of aliphatic hydroxyl groups is 1. The van der Waals surface area contributed by atoms with Crippen LogP contribution in [0.1, 0.15) is 13.3 Å². The van der Waals surface area contributed by atoms with Crippen LogP contribution in [0, 0.1) is 5.92 Å². The van der Waals surface area contributed by atoms with E-state index in [4.69, 9.17) is 0 Å². The van der Waals surface area contributed by atoms with Gasteiger partial charge in [-0.05, 0) is 18.6 Å². The molecule has 0 heterocycles. The van der Waals surface area contributed by atoms with Gasteiger partial charge in [0.1, 0.15) is 6.10 Å². The van der Waals surface area contributed by atoms with Crippen molar-refractivity contribution in [1.29, 1.82) is 0 Å². The molecule has 2 atom stereocenters. The van der Waals surface area contributed by atoms with Crippen LogP contribution in [0.2, 0.25) is 0 Å². The molecule has 16 heavy (non-hydrogen) atoms. The molecule has 1 aromatic rings. The first kappa shape index (κ1) is 12.5. The van der Waals surface area contributed by atoms with Gasteiger partial charge in [0.05, 0.1) is 0 Å². The monoisotopic (exact) mass is 219 g/mol. The van der Waals surface area contributed by atoms with Crippen molar-refractivity contribution in [1.82, 2.24) is 0 Å². The minimum Gasteiger partial charge on any atom is -0.383 e. The molecule has 0 radical (unpaired) electrons. The molecule has 1 rings (SSSR count). The third-order valence-electron chi connectivity index (χ3n) is 2.49. The lowest BCUT2D eigenvalue weighted by Gasteiger charge is -2.17. The number of rotatable bonds is 5. The summed E-state index contributed by atoms with van der Waals surface area (Å²) in [5.74, 6) is -0.596. The van der Waals surface area contributed by atoms with Crippen molar-refractivity contribution in [2.45, 2.75) is 19.4 Å². The van der Waals surface area contributed by atoms with Crippen LogP contribution in [-0.4, -0.2) is 17.1 Å². The van der Waals surface area contributed by atoms with Crippen LogP contribution in [0.3, 0.4) is 0 Å². The minimum absolute atomic E-state index is 0.205. The highest BCUT2D eigenvalue weighted by atomic mass is 16.3. The van der Waals surface area contributed by atoms with Gasteiger partial charge in [-0.2, -0.15) is 0 Å². The highest BCUT2D eigenvalue weighted by Gasteiger charge is 2.22. The summed E-state index contributed by atoms with van der Waals surface area (Å²) in [7, 11) is 0. The zero-order valence-electron chi connectivity index (χ0n) is 9.39. The van der Waals surface area contributed by atoms with Gasteiger partial charge >= 0.3 is 0 Å². The number of carbonyl (C=O) groups excluding carboxylic acids is 1. The molecule has 0 saturated heterocycles. The van der Waals surface area contributed by atoms with E-state index < -0.39 is 12.0 Å². The Kier molecular flexibility index (Phi) is 4.73. The summed E-state index contributed by atoms with van der Waals surface area (Å²) in [4.78, 5) is 11.7. The van der Waals surface area contributed by atoms with E-state index in [1.54, 1.807) is 18.2 Å². The number of para-hydroxylation sites is 1. The number of benzene rings is 1. The number of carbonyl (C=O) groups is 1. The van der Waals surface area contributed by atoms with E-state index >= 15 is 0 Å². The van der Waals surface area contributed by atoms with Crippen LogP contribution in [0.25, 0.3) is 0 Å². The third-order valence-corrected chi connectivity index (χ3v) is 2.49. The fourth-order valence-electron chi connectivity index (χ4n) is 1.45. The van der Waals surface area contributed by atoms with Gasteiger partial charge in [-0.3, -0.25) is 4.79 Å². The molecule has 0 spiro atoms. The maximum Gasteiger partial charge on any atom is 0.253 e. The Morgan fingerprint density at radius 3 is 2.62 bits per heavy atom. The molecule has 86 valence electrons. The lowest BCUT2D eigenvalue weighted by molar-refractivity contribution is -0.125. The Labute approximate surface area is 95.8 Å². The zero-order valence-corrected chi connectivity index (χ0v) is 9.39. The maximum atomic E-state index is 11.7. The Balaban J connectivity index is 2.62. The minimum atomic E-state index is -1.04. The van der Waals surface area contributed by atoms with Crippen molar-refractivity contribution in [2.75, 3.05) is 5.32 Å². The van der Waals surface area contributed by atoms with E-state index in [1.807, 2.05) is 25.1 Å². The molecule has 2 N–H and O–H groups in total. The van der Waals surface area contributed by atoms with Crippen LogP contribution >= 0.6 is 0 Å². The van der Waals surface area contributed by atoms with E-state index in [0.29, 0.717) is 12.1 Å². The van der Waals surface area contributed by atoms with Gasteiger partial charge < -0.3 is 10.4 Å². The Morgan fingerprint density at radius 1 is 1.50 bits per heavy atom. The predicted molar refractivity (Wildman–Crippen MR) is 65.1 cm³/mol. The van der Waals surface area contributed by atoms with Crippen LogP contribution in [0.15, 0.2) is 43.0 Å². The molecule has 0 bridgehead atoms. The van der Waals surface area contributed by atoms with Crippen LogP contribution < -0.4 is 5.32 Å². The van der Waals surface area contributed by atoms with Gasteiger partial charge in [0.25, 0.3) is 5.91 Å². The zero-order chi connectivity index (χ0) is 12.0. The Bertz CT molecular complexity index is 348. The van der Waals surface area contributed by atoms with Crippen molar-refractivity contribution in [3.05, 3.63) is 43.0 Å². The molecule has 1 amide bonds. The summed E-state index contributed by atoms with van der Waals surface area (Å²) in [6.07, 6.45) is 1.25. The first-order valence-electron chi connectivity index (χ1n) is 5.35. The number of hydrogen-bond acceptors (Lipinski definition) is 2. The molecule has 1 aromatic carbocycles. The second-order valence-corrected chi connectivity index (χ2v) is 3.61. The fourth-order valence-corrected chi connectivity index (χ4v) is 1.45. The summed E-state index contributed by atoms with van der Waals surface area (Å²) in [6.45, 7) is 5.51. The smallest absolute Gasteiger partial charge is 0.253 e. The molecule has 0 unspecified atom stereocenters. The molecule has 0 fully saturated rings. The average molecular weight is 219 g/mol. The lowest BCUT2D eigenvalue weighted by Crippen LogP contribution is -2.33. The largest absolute Gasteiger partial charge is 0.383 e. The fraction of sp³-hybridized carbons (Fsp3) is 0.308. The normalized spacial score (nSPS) is 13.9. The van der Waals surface area contributed by atoms with E-state index in [2.05, 4.69) is 11.9 Å². The summed E-state index contributed by atoms with van der Waals surface area (Å²) < 4.78 is 0. The molecule has 0 saturated carbocycles. The van der Waals surface area contributed by atoms with E-state index in [-0.39, 0.29) is 5.92 Å². The lowest BCUT2D eigenvalue weighted by atomic mass is 9.99. The average Bonchev–Trinajstić information content (AvgIpc) is 2.31. The van der Waals surface area contributed by atoms with E-state index in [9.17, 15) is 9.90 Å². The Hall–Kier alpha value is -1.61. The van der Waals surface area contributed by atoms with Gasteiger partial charge in [0.15, 0.2) is 0 Å². The first-order valence-corrected chi connectivity index (χ1v) is 5.35. The maximum absolute atomic E-state index is 11.7. The number of nitrogens with one attached hydrogen (secondary N) is 1. The Morgan fingerprint density at radius 2 is 2.12 bits per heavy atom. The molecule has 0 aliphatic carbocycles. The van der Waals surface area contributed by atoms with Gasteiger partial charge in [-0.15, -0.1) is 6.58 Å². The van der Waals surface area contributed by atoms with E-state index in [1.165, 1.54) is 0 Å². The summed E-state index contributed by atoms with van der Waals surface area (Å²) in [5.41, 5.74) is 0.686. The second-order valence-electron chi connectivity index (χ2n) is 3.61. The topological polar surface area (TPSA) is 49.3 Å².